The molecule has 0 unspecified atom stereocenters. The van der Waals surface area contributed by atoms with Gasteiger partial charge in [0.2, 0.25) is 0 Å². The maximum Gasteiger partial charge on any atom is 0.416 e. The number of alkyl halides is 3. The monoisotopic (exact) mass is 359 g/mol. The lowest BCUT2D eigenvalue weighted by Crippen LogP contribution is -2.38. The number of hydrogen-bond donors (Lipinski definition) is 0. The molecule has 0 saturated heterocycles. The maximum atomic E-state index is 13.1. The first kappa shape index (κ1) is 17.5. The van der Waals surface area contributed by atoms with Crippen LogP contribution in [0.5, 0.6) is 0 Å². The fraction of sp³-hybridized carbons (Fsp3) is 0.111. The summed E-state index contributed by atoms with van der Waals surface area (Å²) in [4.78, 5) is 25.9. The van der Waals surface area contributed by atoms with Crippen molar-refractivity contribution in [1.82, 2.24) is 0 Å². The van der Waals surface area contributed by atoms with Crippen LogP contribution in [0.2, 0.25) is 0 Å². The Labute approximate surface area is 146 Å². The van der Waals surface area contributed by atoms with Crippen molar-refractivity contribution in [3.63, 3.8) is 0 Å². The van der Waals surface area contributed by atoms with Gasteiger partial charge in [-0.15, -0.1) is 5.10 Å². The second kappa shape index (κ2) is 6.91. The van der Waals surface area contributed by atoms with Gasteiger partial charge in [0, 0.05) is 17.6 Å². The van der Waals surface area contributed by atoms with E-state index >= 15 is 0 Å². The third kappa shape index (κ3) is 3.53. The largest absolute Gasteiger partial charge is 0.416 e. The topological polar surface area (TPSA) is 62.1 Å². The van der Waals surface area contributed by atoms with Crippen LogP contribution < -0.4 is 4.90 Å². The first-order chi connectivity index (χ1) is 12.4. The molecule has 0 aromatic heterocycles. The molecule has 132 valence electrons. The molecule has 26 heavy (non-hydrogen) atoms. The van der Waals surface area contributed by atoms with Crippen LogP contribution in [0.15, 0.2) is 64.8 Å². The van der Waals surface area contributed by atoms with Crippen LogP contribution in [0, 0.1) is 0 Å². The molecule has 0 N–H and O–H groups in total. The lowest BCUT2D eigenvalue weighted by atomic mass is 10.1. The summed E-state index contributed by atoms with van der Waals surface area (Å²) in [5, 5.41) is 7.15. The van der Waals surface area contributed by atoms with Gasteiger partial charge >= 0.3 is 6.18 Å². The maximum absolute atomic E-state index is 13.1. The third-order valence-corrected chi connectivity index (χ3v) is 3.63. The summed E-state index contributed by atoms with van der Waals surface area (Å²) in [6, 6.07) is 12.4. The number of Topliss-reactive ketones (excluding diaryl/α,β-unsaturated/α-hetero) is 1. The van der Waals surface area contributed by atoms with Gasteiger partial charge in [-0.3, -0.25) is 14.5 Å². The molecule has 1 aliphatic rings. The molecule has 1 aliphatic heterocycles. The van der Waals surface area contributed by atoms with Crippen LogP contribution in [-0.2, 0) is 15.8 Å². The SMILES string of the molecule is O=C1CC=NN=C1C(=O)N(c1ccccc1)c1cccc(C(F)(F)F)c1. The van der Waals surface area contributed by atoms with Gasteiger partial charge in [0.25, 0.3) is 5.91 Å². The summed E-state index contributed by atoms with van der Waals surface area (Å²) in [5.41, 5.74) is -1.05. The number of rotatable bonds is 3. The van der Waals surface area contributed by atoms with Crippen molar-refractivity contribution in [2.45, 2.75) is 12.6 Å². The van der Waals surface area contributed by atoms with Crippen molar-refractivity contribution < 1.29 is 22.8 Å². The molecule has 0 bridgehead atoms. The Morgan fingerprint density at radius 1 is 1.00 bits per heavy atom. The predicted octanol–water partition coefficient (Wildman–Crippen LogP) is 3.77. The van der Waals surface area contributed by atoms with Crippen molar-refractivity contribution >= 4 is 35.0 Å². The second-order valence-electron chi connectivity index (χ2n) is 5.40. The van der Waals surface area contributed by atoms with Gasteiger partial charge in [0.05, 0.1) is 12.0 Å². The van der Waals surface area contributed by atoms with E-state index in [2.05, 4.69) is 10.2 Å². The summed E-state index contributed by atoms with van der Waals surface area (Å²) in [5.74, 6) is -1.38. The van der Waals surface area contributed by atoms with Crippen LogP contribution in [-0.4, -0.2) is 23.6 Å². The quantitative estimate of drug-likeness (QED) is 0.837. The van der Waals surface area contributed by atoms with Gasteiger partial charge in [-0.1, -0.05) is 24.3 Å². The van der Waals surface area contributed by atoms with Crippen LogP contribution in [0.1, 0.15) is 12.0 Å². The fourth-order valence-corrected chi connectivity index (χ4v) is 2.42. The molecule has 0 radical (unpaired) electrons. The Morgan fingerprint density at radius 2 is 1.69 bits per heavy atom. The van der Waals surface area contributed by atoms with Gasteiger partial charge in [0.15, 0.2) is 11.5 Å². The van der Waals surface area contributed by atoms with Gasteiger partial charge in [-0.2, -0.15) is 18.3 Å². The van der Waals surface area contributed by atoms with Crippen molar-refractivity contribution in [1.29, 1.82) is 0 Å². The lowest BCUT2D eigenvalue weighted by Gasteiger charge is -2.24. The molecule has 0 saturated carbocycles. The van der Waals surface area contributed by atoms with Crippen molar-refractivity contribution in [3.8, 4) is 0 Å². The van der Waals surface area contributed by atoms with E-state index in [1.807, 2.05) is 0 Å². The van der Waals surface area contributed by atoms with E-state index in [0.29, 0.717) is 5.69 Å². The van der Waals surface area contributed by atoms with E-state index < -0.39 is 29.1 Å². The molecule has 3 rings (SSSR count). The first-order valence-corrected chi connectivity index (χ1v) is 7.57. The summed E-state index contributed by atoms with van der Waals surface area (Å²) in [7, 11) is 0. The van der Waals surface area contributed by atoms with E-state index in [-0.39, 0.29) is 12.1 Å². The van der Waals surface area contributed by atoms with E-state index in [4.69, 9.17) is 0 Å². The number of amides is 1. The molecule has 8 heteroatoms. The number of anilines is 2. The first-order valence-electron chi connectivity index (χ1n) is 7.57. The Bertz CT molecular complexity index is 905. The fourth-order valence-electron chi connectivity index (χ4n) is 2.42. The number of nitrogens with zero attached hydrogens (tertiary/aromatic N) is 3. The minimum atomic E-state index is -4.57. The molecule has 1 amide bonds. The molecule has 0 atom stereocenters. The summed E-state index contributed by atoms with van der Waals surface area (Å²) in [6.07, 6.45) is -3.39. The number of benzene rings is 2. The summed E-state index contributed by atoms with van der Waals surface area (Å²) < 4.78 is 39.2. The molecular weight excluding hydrogens is 347 g/mol. The predicted molar refractivity (Wildman–Crippen MR) is 90.6 cm³/mol. The minimum Gasteiger partial charge on any atom is -0.292 e. The highest BCUT2D eigenvalue weighted by atomic mass is 19.4. The van der Waals surface area contributed by atoms with Crippen molar-refractivity contribution in [2.24, 2.45) is 10.2 Å². The summed E-state index contributed by atoms with van der Waals surface area (Å²) >= 11 is 0. The number of para-hydroxylation sites is 1. The van der Waals surface area contributed by atoms with Gasteiger partial charge in [-0.25, -0.2) is 0 Å². The number of carbonyl (C=O) groups excluding carboxylic acids is 2. The zero-order chi connectivity index (χ0) is 18.7. The smallest absolute Gasteiger partial charge is 0.292 e. The zero-order valence-electron chi connectivity index (χ0n) is 13.3. The van der Waals surface area contributed by atoms with Crippen LogP contribution in [0.3, 0.4) is 0 Å². The lowest BCUT2D eigenvalue weighted by molar-refractivity contribution is -0.137. The van der Waals surface area contributed by atoms with Crippen molar-refractivity contribution in [3.05, 3.63) is 60.2 Å². The van der Waals surface area contributed by atoms with E-state index in [9.17, 15) is 22.8 Å². The standard InChI is InChI=1S/C18H12F3N3O2/c19-18(20,21)12-5-4-8-14(11-12)24(13-6-2-1-3-7-13)17(26)16-15(25)9-10-22-23-16/h1-8,10-11H,9H2. The highest BCUT2D eigenvalue weighted by Gasteiger charge is 2.33. The van der Waals surface area contributed by atoms with Crippen LogP contribution >= 0.6 is 0 Å². The highest BCUT2D eigenvalue weighted by Crippen LogP contribution is 2.34. The molecule has 0 aliphatic carbocycles. The summed E-state index contributed by atoms with van der Waals surface area (Å²) in [6.45, 7) is 0. The van der Waals surface area contributed by atoms with Gasteiger partial charge in [-0.05, 0) is 30.3 Å². The molecule has 0 spiro atoms. The number of halogens is 3. The molecule has 2 aromatic carbocycles. The molecule has 1 heterocycles. The van der Waals surface area contributed by atoms with E-state index in [1.165, 1.54) is 18.3 Å². The Kier molecular flexibility index (Phi) is 4.66. The number of hydrogen-bond acceptors (Lipinski definition) is 4. The molecule has 0 fully saturated rings. The molecule has 5 nitrogen and oxygen atoms in total. The number of ketones is 1. The third-order valence-electron chi connectivity index (χ3n) is 3.63. The average Bonchev–Trinajstić information content (AvgIpc) is 2.63. The van der Waals surface area contributed by atoms with Gasteiger partial charge in [0.1, 0.15) is 0 Å². The highest BCUT2D eigenvalue weighted by molar-refractivity contribution is 6.69. The van der Waals surface area contributed by atoms with E-state index in [1.54, 1.807) is 30.3 Å². The Morgan fingerprint density at radius 3 is 2.35 bits per heavy atom. The van der Waals surface area contributed by atoms with Crippen LogP contribution in [0.4, 0.5) is 24.5 Å². The molecule has 2 aromatic rings. The van der Waals surface area contributed by atoms with Gasteiger partial charge < -0.3 is 0 Å². The van der Waals surface area contributed by atoms with E-state index in [0.717, 1.165) is 17.0 Å². The number of carbonyl (C=O) groups is 2. The van der Waals surface area contributed by atoms with Crippen LogP contribution in [0.25, 0.3) is 0 Å². The Hall–Kier alpha value is -3.29. The molecular formula is C18H12F3N3O2. The minimum absolute atomic E-state index is 0.0268. The van der Waals surface area contributed by atoms with Crippen molar-refractivity contribution in [2.75, 3.05) is 4.90 Å². The average molecular weight is 359 g/mol. The Balaban J connectivity index is 2.11. The zero-order valence-corrected chi connectivity index (χ0v) is 13.3. The normalized spacial score (nSPS) is 14.1. The second-order valence-corrected chi connectivity index (χ2v) is 5.40.